The van der Waals surface area contributed by atoms with Crippen LogP contribution in [0.4, 0.5) is 0 Å². The van der Waals surface area contributed by atoms with E-state index in [9.17, 15) is 9.90 Å². The van der Waals surface area contributed by atoms with Crippen LogP contribution in [0.1, 0.15) is 53.4 Å². The number of nitrogens with zero attached hydrogens (tertiary/aromatic N) is 1. The normalized spacial score (nSPS) is 19.5. The van der Waals surface area contributed by atoms with Crippen LogP contribution in [0.3, 0.4) is 0 Å². The van der Waals surface area contributed by atoms with Crippen LogP contribution >= 0.6 is 0 Å². The first kappa shape index (κ1) is 16.4. The van der Waals surface area contributed by atoms with Crippen molar-refractivity contribution in [2.24, 2.45) is 5.41 Å². The second-order valence-electron chi connectivity index (χ2n) is 6.67. The maximum atomic E-state index is 12.1. The van der Waals surface area contributed by atoms with Gasteiger partial charge in [0, 0.05) is 31.1 Å². The Labute approximate surface area is 117 Å². The molecule has 0 aromatic carbocycles. The fraction of sp³-hybridized carbons (Fsp3) is 0.933. The number of piperidine rings is 1. The zero-order valence-electron chi connectivity index (χ0n) is 12.9. The van der Waals surface area contributed by atoms with Gasteiger partial charge in [0.15, 0.2) is 0 Å². The molecule has 1 fully saturated rings. The minimum Gasteiger partial charge on any atom is -0.392 e. The number of hydrogen-bond acceptors (Lipinski definition) is 3. The molecule has 4 heteroatoms. The number of hydrogen-bond donors (Lipinski definition) is 2. The van der Waals surface area contributed by atoms with Gasteiger partial charge in [0.2, 0.25) is 5.91 Å². The zero-order chi connectivity index (χ0) is 14.5. The molecule has 1 atom stereocenters. The van der Waals surface area contributed by atoms with Gasteiger partial charge in [0.25, 0.3) is 0 Å². The van der Waals surface area contributed by atoms with Gasteiger partial charge in [0.1, 0.15) is 0 Å². The topological polar surface area (TPSA) is 52.6 Å². The Morgan fingerprint density at radius 1 is 1.37 bits per heavy atom. The predicted octanol–water partition coefficient (Wildman–Crippen LogP) is 1.77. The second kappa shape index (κ2) is 7.25. The molecule has 4 nitrogen and oxygen atoms in total. The number of nitrogens with one attached hydrogen (secondary N) is 1. The number of carbonyl (C=O) groups is 1. The Bertz CT molecular complexity index is 278. The monoisotopic (exact) mass is 270 g/mol. The summed E-state index contributed by atoms with van der Waals surface area (Å²) in [5.41, 5.74) is -0.280. The van der Waals surface area contributed by atoms with Gasteiger partial charge in [-0.15, -0.1) is 0 Å². The number of amides is 1. The molecule has 1 heterocycles. The van der Waals surface area contributed by atoms with Crippen LogP contribution in [0.15, 0.2) is 0 Å². The molecule has 1 rings (SSSR count). The lowest BCUT2D eigenvalue weighted by molar-refractivity contribution is -0.140. The van der Waals surface area contributed by atoms with Crippen LogP contribution in [0, 0.1) is 5.41 Å². The van der Waals surface area contributed by atoms with Crippen LogP contribution < -0.4 is 5.32 Å². The van der Waals surface area contributed by atoms with Crippen molar-refractivity contribution >= 4 is 5.91 Å². The van der Waals surface area contributed by atoms with Crippen molar-refractivity contribution in [1.82, 2.24) is 10.2 Å². The fourth-order valence-corrected chi connectivity index (χ4v) is 2.50. The van der Waals surface area contributed by atoms with E-state index in [-0.39, 0.29) is 17.4 Å². The predicted molar refractivity (Wildman–Crippen MR) is 78.0 cm³/mol. The van der Waals surface area contributed by atoms with Gasteiger partial charge >= 0.3 is 0 Å². The third-order valence-corrected chi connectivity index (χ3v) is 3.69. The van der Waals surface area contributed by atoms with Gasteiger partial charge < -0.3 is 15.3 Å². The Kier molecular flexibility index (Phi) is 6.27. The van der Waals surface area contributed by atoms with E-state index >= 15 is 0 Å². The Morgan fingerprint density at radius 3 is 2.42 bits per heavy atom. The first-order valence-corrected chi connectivity index (χ1v) is 7.55. The first-order chi connectivity index (χ1) is 8.84. The number of rotatable bonds is 5. The van der Waals surface area contributed by atoms with Gasteiger partial charge in [-0.25, -0.2) is 0 Å². The third kappa shape index (κ3) is 5.49. The van der Waals surface area contributed by atoms with Crippen molar-refractivity contribution in [2.45, 2.75) is 65.5 Å². The molecule has 0 spiro atoms. The van der Waals surface area contributed by atoms with E-state index in [1.807, 2.05) is 25.7 Å². The molecule has 1 amide bonds. The highest BCUT2D eigenvalue weighted by molar-refractivity contribution is 5.81. The molecule has 1 saturated heterocycles. The quantitative estimate of drug-likeness (QED) is 0.800. The Morgan fingerprint density at radius 2 is 1.95 bits per heavy atom. The van der Waals surface area contributed by atoms with Crippen LogP contribution in [0.25, 0.3) is 0 Å². The van der Waals surface area contributed by atoms with Gasteiger partial charge in [-0.1, -0.05) is 34.1 Å². The molecule has 1 unspecified atom stereocenters. The zero-order valence-corrected chi connectivity index (χ0v) is 12.9. The highest BCUT2D eigenvalue weighted by atomic mass is 16.3. The fourth-order valence-electron chi connectivity index (χ4n) is 2.50. The summed E-state index contributed by atoms with van der Waals surface area (Å²) < 4.78 is 0. The van der Waals surface area contributed by atoms with Crippen molar-refractivity contribution in [3.05, 3.63) is 0 Å². The van der Waals surface area contributed by atoms with Crippen molar-refractivity contribution in [2.75, 3.05) is 19.6 Å². The van der Waals surface area contributed by atoms with E-state index in [1.54, 1.807) is 0 Å². The number of aliphatic hydroxyl groups is 1. The van der Waals surface area contributed by atoms with Crippen LogP contribution in [-0.4, -0.2) is 47.7 Å². The molecule has 1 aliphatic rings. The molecule has 0 saturated carbocycles. The van der Waals surface area contributed by atoms with Crippen molar-refractivity contribution in [1.29, 1.82) is 0 Å². The van der Waals surface area contributed by atoms with Crippen molar-refractivity contribution < 1.29 is 9.90 Å². The summed E-state index contributed by atoms with van der Waals surface area (Å²) in [6.07, 6.45) is 3.61. The van der Waals surface area contributed by atoms with E-state index < -0.39 is 0 Å². The number of carbonyl (C=O) groups excluding carboxylic acids is 1. The summed E-state index contributed by atoms with van der Waals surface area (Å²) in [5.74, 6) is 0.247. The van der Waals surface area contributed by atoms with E-state index in [2.05, 4.69) is 12.2 Å². The molecule has 2 N–H and O–H groups in total. The summed E-state index contributed by atoms with van der Waals surface area (Å²) in [5, 5.41) is 13.1. The van der Waals surface area contributed by atoms with Crippen molar-refractivity contribution in [3.8, 4) is 0 Å². The first-order valence-electron chi connectivity index (χ1n) is 7.55. The van der Waals surface area contributed by atoms with E-state index in [4.69, 9.17) is 0 Å². The lowest BCUT2D eigenvalue weighted by Crippen LogP contribution is -2.49. The summed E-state index contributed by atoms with van der Waals surface area (Å²) in [7, 11) is 0. The van der Waals surface area contributed by atoms with E-state index in [0.29, 0.717) is 12.6 Å². The summed E-state index contributed by atoms with van der Waals surface area (Å²) in [6, 6.07) is 0.440. The molecular formula is C15H30N2O2. The van der Waals surface area contributed by atoms with Gasteiger partial charge in [-0.2, -0.15) is 0 Å². The van der Waals surface area contributed by atoms with Crippen LogP contribution in [0.5, 0.6) is 0 Å². The Balaban J connectivity index is 2.27. The highest BCUT2D eigenvalue weighted by Gasteiger charge is 2.30. The van der Waals surface area contributed by atoms with Gasteiger partial charge in [-0.05, 0) is 19.3 Å². The molecule has 0 radical (unpaired) electrons. The number of likely N-dealkylation sites (tertiary alicyclic amines) is 1. The van der Waals surface area contributed by atoms with Crippen LogP contribution in [0.2, 0.25) is 0 Å². The summed E-state index contributed by atoms with van der Waals surface area (Å²) in [4.78, 5) is 14.1. The average Bonchev–Trinajstić information content (AvgIpc) is 2.35. The molecule has 0 aromatic heterocycles. The molecule has 0 aliphatic carbocycles. The molecule has 19 heavy (non-hydrogen) atoms. The smallest absolute Gasteiger partial charge is 0.227 e. The largest absolute Gasteiger partial charge is 0.392 e. The van der Waals surface area contributed by atoms with Gasteiger partial charge in [0.05, 0.1) is 6.10 Å². The lowest BCUT2D eigenvalue weighted by atomic mass is 9.93. The summed E-state index contributed by atoms with van der Waals surface area (Å²) in [6.45, 7) is 10.3. The lowest BCUT2D eigenvalue weighted by Gasteiger charge is -2.36. The minimum atomic E-state index is -0.280. The summed E-state index contributed by atoms with van der Waals surface area (Å²) >= 11 is 0. The molecule has 112 valence electrons. The molecule has 1 aliphatic heterocycles. The third-order valence-electron chi connectivity index (χ3n) is 3.69. The average molecular weight is 270 g/mol. The number of aliphatic hydroxyl groups excluding tert-OH is 1. The highest BCUT2D eigenvalue weighted by Crippen LogP contribution is 2.20. The van der Waals surface area contributed by atoms with E-state index in [1.165, 1.54) is 0 Å². The minimum absolute atomic E-state index is 0.237. The van der Waals surface area contributed by atoms with E-state index in [0.717, 1.165) is 38.8 Å². The van der Waals surface area contributed by atoms with Gasteiger partial charge in [-0.3, -0.25) is 4.79 Å². The Hall–Kier alpha value is -0.610. The molecule has 0 aromatic rings. The maximum Gasteiger partial charge on any atom is 0.227 e. The molecule has 0 bridgehead atoms. The molecular weight excluding hydrogens is 240 g/mol. The van der Waals surface area contributed by atoms with Crippen LogP contribution in [-0.2, 0) is 4.79 Å². The maximum absolute atomic E-state index is 12.1. The SMILES string of the molecule is CCCC(O)CNC1CCN(C(=O)C(C)(C)C)CC1. The second-order valence-corrected chi connectivity index (χ2v) is 6.67. The standard InChI is InChI=1S/C15H30N2O2/c1-5-6-13(18)11-16-12-7-9-17(10-8-12)14(19)15(2,3)4/h12-13,16,18H,5-11H2,1-4H3. The van der Waals surface area contributed by atoms with Crippen molar-refractivity contribution in [3.63, 3.8) is 0 Å².